The van der Waals surface area contributed by atoms with Crippen LogP contribution in [0, 0.1) is 10.1 Å². The number of benzene rings is 1. The van der Waals surface area contributed by atoms with Gasteiger partial charge in [0.05, 0.1) is 10.3 Å². The molecule has 2 N–H and O–H groups in total. The van der Waals surface area contributed by atoms with E-state index >= 15 is 0 Å². The Morgan fingerprint density at radius 2 is 2.06 bits per heavy atom. The van der Waals surface area contributed by atoms with Crippen LogP contribution in [0.5, 0.6) is 0 Å². The zero-order valence-corrected chi connectivity index (χ0v) is 11.1. The van der Waals surface area contributed by atoms with Gasteiger partial charge in [-0.05, 0) is 13.0 Å². The smallest absolute Gasteiger partial charge is 0.270 e. The lowest BCUT2D eigenvalue weighted by Gasteiger charge is -1.95. The lowest BCUT2D eigenvalue weighted by atomic mass is 10.1. The number of hydrogen-bond acceptors (Lipinski definition) is 4. The zero-order chi connectivity index (χ0) is 13.3. The Kier molecular flexibility index (Phi) is 11.5. The fourth-order valence-corrected chi connectivity index (χ4v) is 1.19. The second-order valence-electron chi connectivity index (χ2n) is 3.15. The molecule has 0 aliphatic heterocycles. The van der Waals surface area contributed by atoms with Crippen LogP contribution in [-0.2, 0) is 0 Å². The fraction of sp³-hybridized carbons (Fsp3) is 0.417. The number of carbonyl (C=O) groups excluding carboxylic acids is 1. The molecule has 0 aromatic heterocycles. The summed E-state index contributed by atoms with van der Waals surface area (Å²) in [6.45, 7) is 2.88. The number of nitro benzene ring substituents is 1. The molecule has 0 spiro atoms. The molecular formula is C12H19BrN2O3. The number of ketones is 1. The SMILES string of the molecule is C.CCCN.O=C(CBr)c1cccc([N+](=O)[O-])c1. The fourth-order valence-electron chi connectivity index (χ4n) is 0.870. The molecule has 0 amide bonds. The first-order valence-electron chi connectivity index (χ1n) is 5.10. The molecule has 0 saturated carbocycles. The number of rotatable bonds is 4. The zero-order valence-electron chi connectivity index (χ0n) is 9.56. The molecule has 1 rings (SSSR count). The molecule has 0 radical (unpaired) electrons. The van der Waals surface area contributed by atoms with E-state index in [1.807, 2.05) is 0 Å². The number of nitro groups is 1. The Labute approximate surface area is 116 Å². The van der Waals surface area contributed by atoms with Crippen LogP contribution in [0.3, 0.4) is 0 Å². The normalized spacial score (nSPS) is 8.61. The third-order valence-corrected chi connectivity index (χ3v) is 2.30. The molecule has 18 heavy (non-hydrogen) atoms. The van der Waals surface area contributed by atoms with Crippen LogP contribution in [-0.4, -0.2) is 22.6 Å². The van der Waals surface area contributed by atoms with Crippen molar-refractivity contribution in [1.82, 2.24) is 0 Å². The molecule has 1 aromatic carbocycles. The summed E-state index contributed by atoms with van der Waals surface area (Å²) in [5, 5.41) is 10.5. The maximum absolute atomic E-state index is 11.1. The number of nitrogens with zero attached hydrogens (tertiary/aromatic N) is 1. The van der Waals surface area contributed by atoms with Crippen LogP contribution in [0.2, 0.25) is 0 Å². The van der Waals surface area contributed by atoms with Crippen molar-refractivity contribution in [2.24, 2.45) is 5.73 Å². The van der Waals surface area contributed by atoms with Gasteiger partial charge in [0.1, 0.15) is 0 Å². The molecule has 0 aliphatic rings. The van der Waals surface area contributed by atoms with E-state index in [0.29, 0.717) is 5.56 Å². The summed E-state index contributed by atoms with van der Waals surface area (Å²) in [5.41, 5.74) is 5.32. The van der Waals surface area contributed by atoms with Crippen molar-refractivity contribution in [3.05, 3.63) is 39.9 Å². The predicted molar refractivity (Wildman–Crippen MR) is 77.3 cm³/mol. The lowest BCUT2D eigenvalue weighted by Crippen LogP contribution is -2.00. The van der Waals surface area contributed by atoms with Gasteiger partial charge in [-0.2, -0.15) is 0 Å². The maximum atomic E-state index is 11.1. The first-order chi connectivity index (χ1) is 8.06. The van der Waals surface area contributed by atoms with Crippen LogP contribution in [0.25, 0.3) is 0 Å². The van der Waals surface area contributed by atoms with E-state index in [2.05, 4.69) is 22.9 Å². The van der Waals surface area contributed by atoms with Gasteiger partial charge in [-0.15, -0.1) is 0 Å². The van der Waals surface area contributed by atoms with Crippen molar-refractivity contribution in [3.63, 3.8) is 0 Å². The van der Waals surface area contributed by atoms with Crippen molar-refractivity contribution >= 4 is 27.4 Å². The first kappa shape index (κ1) is 19.1. The number of non-ortho nitro benzene ring substituents is 1. The average Bonchev–Trinajstić information content (AvgIpc) is 2.38. The number of hydrogen-bond donors (Lipinski definition) is 1. The topological polar surface area (TPSA) is 86.2 Å². The van der Waals surface area contributed by atoms with E-state index in [1.54, 1.807) is 6.07 Å². The van der Waals surface area contributed by atoms with E-state index in [1.165, 1.54) is 18.2 Å². The second-order valence-corrected chi connectivity index (χ2v) is 3.71. The first-order valence-corrected chi connectivity index (χ1v) is 6.22. The number of alkyl halides is 1. The van der Waals surface area contributed by atoms with Gasteiger partial charge in [0.15, 0.2) is 5.78 Å². The minimum Gasteiger partial charge on any atom is -0.330 e. The van der Waals surface area contributed by atoms with Crippen molar-refractivity contribution < 1.29 is 9.72 Å². The molecule has 0 atom stereocenters. The van der Waals surface area contributed by atoms with E-state index in [0.717, 1.165) is 13.0 Å². The lowest BCUT2D eigenvalue weighted by molar-refractivity contribution is -0.384. The van der Waals surface area contributed by atoms with Gasteiger partial charge in [0.2, 0.25) is 0 Å². The Morgan fingerprint density at radius 1 is 1.50 bits per heavy atom. The predicted octanol–water partition coefficient (Wildman–Crippen LogP) is 3.16. The van der Waals surface area contributed by atoms with Gasteiger partial charge in [-0.3, -0.25) is 14.9 Å². The molecule has 1 aromatic rings. The standard InChI is InChI=1S/C8H6BrNO3.C3H9N.CH4/c9-5-8(11)6-2-1-3-7(4-6)10(12)13;1-2-3-4;/h1-4H,5H2;2-4H2,1H3;1H4. The number of nitrogens with two attached hydrogens (primary N) is 1. The highest BCUT2D eigenvalue weighted by Gasteiger charge is 2.09. The molecule has 0 heterocycles. The van der Waals surface area contributed by atoms with E-state index in [9.17, 15) is 14.9 Å². The molecule has 0 aliphatic carbocycles. The molecule has 102 valence electrons. The van der Waals surface area contributed by atoms with Gasteiger partial charge >= 0.3 is 0 Å². The summed E-state index contributed by atoms with van der Waals surface area (Å²) in [4.78, 5) is 20.9. The van der Waals surface area contributed by atoms with Gasteiger partial charge in [0, 0.05) is 17.7 Å². The number of carbonyl (C=O) groups is 1. The molecule has 0 saturated heterocycles. The largest absolute Gasteiger partial charge is 0.330 e. The molecule has 0 bridgehead atoms. The minimum atomic E-state index is -0.523. The summed E-state index contributed by atoms with van der Waals surface area (Å²) in [7, 11) is 0. The highest BCUT2D eigenvalue weighted by molar-refractivity contribution is 9.09. The highest BCUT2D eigenvalue weighted by atomic mass is 79.9. The Morgan fingerprint density at radius 3 is 2.44 bits per heavy atom. The van der Waals surface area contributed by atoms with E-state index < -0.39 is 4.92 Å². The molecule has 0 unspecified atom stereocenters. The third kappa shape index (κ3) is 7.13. The van der Waals surface area contributed by atoms with Gasteiger partial charge in [-0.25, -0.2) is 0 Å². The molecule has 0 fully saturated rings. The number of halogens is 1. The van der Waals surface area contributed by atoms with Crippen LogP contribution in [0.4, 0.5) is 5.69 Å². The summed E-state index contributed by atoms with van der Waals surface area (Å²) >= 11 is 2.99. The molecule has 6 heteroatoms. The summed E-state index contributed by atoms with van der Waals surface area (Å²) in [5.74, 6) is -0.163. The molecular weight excluding hydrogens is 300 g/mol. The summed E-state index contributed by atoms with van der Waals surface area (Å²) in [6.07, 6.45) is 1.10. The molecule has 5 nitrogen and oxygen atoms in total. The highest BCUT2D eigenvalue weighted by Crippen LogP contribution is 2.13. The van der Waals surface area contributed by atoms with Crippen molar-refractivity contribution in [1.29, 1.82) is 0 Å². The van der Waals surface area contributed by atoms with Gasteiger partial charge < -0.3 is 5.73 Å². The average molecular weight is 319 g/mol. The van der Waals surface area contributed by atoms with Crippen LogP contribution >= 0.6 is 15.9 Å². The van der Waals surface area contributed by atoms with Gasteiger partial charge in [0.25, 0.3) is 5.69 Å². The Balaban J connectivity index is 0. The van der Waals surface area contributed by atoms with E-state index in [-0.39, 0.29) is 24.2 Å². The van der Waals surface area contributed by atoms with E-state index in [4.69, 9.17) is 5.73 Å². The Bertz CT molecular complexity index is 381. The maximum Gasteiger partial charge on any atom is 0.270 e. The van der Waals surface area contributed by atoms with Crippen molar-refractivity contribution in [2.75, 3.05) is 11.9 Å². The quantitative estimate of drug-likeness (QED) is 0.400. The Hall–Kier alpha value is -1.27. The monoisotopic (exact) mass is 318 g/mol. The second kappa shape index (κ2) is 10.9. The third-order valence-electron chi connectivity index (χ3n) is 1.79. The minimum absolute atomic E-state index is 0. The summed E-state index contributed by atoms with van der Waals surface area (Å²) < 4.78 is 0. The summed E-state index contributed by atoms with van der Waals surface area (Å²) in [6, 6.07) is 5.67. The van der Waals surface area contributed by atoms with Gasteiger partial charge in [-0.1, -0.05) is 42.4 Å². The van der Waals surface area contributed by atoms with Crippen LogP contribution in [0.15, 0.2) is 24.3 Å². The van der Waals surface area contributed by atoms with Crippen LogP contribution < -0.4 is 5.73 Å². The van der Waals surface area contributed by atoms with Crippen molar-refractivity contribution in [2.45, 2.75) is 20.8 Å². The van der Waals surface area contributed by atoms with Crippen LogP contribution in [0.1, 0.15) is 31.1 Å². The van der Waals surface area contributed by atoms with Crippen molar-refractivity contribution in [3.8, 4) is 0 Å². The number of Topliss-reactive ketones (excluding diaryl/α,β-unsaturated/α-hetero) is 1.